The van der Waals surface area contributed by atoms with Crippen LogP contribution in [0.1, 0.15) is 0 Å². The van der Waals surface area contributed by atoms with Crippen molar-refractivity contribution >= 4 is 11.6 Å². The second kappa shape index (κ2) is 6.67. The average molecular weight is 158 g/mol. The standard InChI is InChI=1S/C8H12ClN/c1-3-4-5-7-10(2)8-6-9/h1,4-5H,6-8H2,2H3/b5-4+. The minimum atomic E-state index is 0.667. The summed E-state index contributed by atoms with van der Waals surface area (Å²) in [5, 5.41) is 0. The Morgan fingerprint density at radius 2 is 2.40 bits per heavy atom. The summed E-state index contributed by atoms with van der Waals surface area (Å²) >= 11 is 5.50. The highest BCUT2D eigenvalue weighted by Crippen LogP contribution is 1.84. The molecule has 0 saturated carbocycles. The van der Waals surface area contributed by atoms with Crippen molar-refractivity contribution in [2.45, 2.75) is 0 Å². The molecule has 0 aliphatic rings. The Morgan fingerprint density at radius 3 is 2.90 bits per heavy atom. The third-order valence-electron chi connectivity index (χ3n) is 1.10. The molecule has 0 N–H and O–H groups in total. The van der Waals surface area contributed by atoms with Crippen molar-refractivity contribution in [3.8, 4) is 12.3 Å². The van der Waals surface area contributed by atoms with Crippen LogP contribution in [0, 0.1) is 12.3 Å². The predicted molar refractivity (Wildman–Crippen MR) is 46.2 cm³/mol. The highest BCUT2D eigenvalue weighted by molar-refractivity contribution is 6.18. The summed E-state index contributed by atoms with van der Waals surface area (Å²) in [6, 6.07) is 0. The number of terminal acetylenes is 1. The summed E-state index contributed by atoms with van der Waals surface area (Å²) < 4.78 is 0. The van der Waals surface area contributed by atoms with E-state index >= 15 is 0 Å². The summed E-state index contributed by atoms with van der Waals surface area (Å²) in [4.78, 5) is 2.10. The van der Waals surface area contributed by atoms with Crippen molar-refractivity contribution in [2.24, 2.45) is 0 Å². The average Bonchev–Trinajstić information content (AvgIpc) is 1.89. The smallest absolute Gasteiger partial charge is 0.0351 e. The van der Waals surface area contributed by atoms with Crippen molar-refractivity contribution < 1.29 is 0 Å². The molecule has 0 atom stereocenters. The molecule has 0 saturated heterocycles. The van der Waals surface area contributed by atoms with E-state index in [-0.39, 0.29) is 0 Å². The molecule has 0 spiro atoms. The Hall–Kier alpha value is -0.450. The van der Waals surface area contributed by atoms with Crippen LogP contribution >= 0.6 is 11.6 Å². The lowest BCUT2D eigenvalue weighted by atomic mass is 10.4. The second-order valence-corrected chi connectivity index (χ2v) is 2.40. The van der Waals surface area contributed by atoms with Crippen LogP contribution < -0.4 is 0 Å². The Bertz CT molecular complexity index is 135. The molecule has 1 nitrogen and oxygen atoms in total. The van der Waals surface area contributed by atoms with Crippen LogP contribution in [0.25, 0.3) is 0 Å². The monoisotopic (exact) mass is 157 g/mol. The highest BCUT2D eigenvalue weighted by Gasteiger charge is 1.90. The van der Waals surface area contributed by atoms with E-state index in [1.807, 2.05) is 13.1 Å². The van der Waals surface area contributed by atoms with E-state index in [2.05, 4.69) is 10.8 Å². The van der Waals surface area contributed by atoms with E-state index < -0.39 is 0 Å². The molecule has 0 aliphatic carbocycles. The molecule has 0 aromatic heterocycles. The lowest BCUT2D eigenvalue weighted by Crippen LogP contribution is -2.20. The molecule has 0 radical (unpaired) electrons. The molecule has 0 amide bonds. The van der Waals surface area contributed by atoms with Gasteiger partial charge in [0.15, 0.2) is 0 Å². The topological polar surface area (TPSA) is 3.24 Å². The molecular formula is C8H12ClN. The third kappa shape index (κ3) is 5.68. The summed E-state index contributed by atoms with van der Waals surface area (Å²) in [7, 11) is 2.00. The lowest BCUT2D eigenvalue weighted by Gasteiger charge is -2.10. The number of allylic oxidation sites excluding steroid dienone is 1. The van der Waals surface area contributed by atoms with Crippen LogP contribution in [0.4, 0.5) is 0 Å². The van der Waals surface area contributed by atoms with Gasteiger partial charge in [0.1, 0.15) is 0 Å². The van der Waals surface area contributed by atoms with Gasteiger partial charge >= 0.3 is 0 Å². The maximum absolute atomic E-state index is 5.50. The van der Waals surface area contributed by atoms with Gasteiger partial charge in [-0.05, 0) is 13.1 Å². The summed E-state index contributed by atoms with van der Waals surface area (Å²) in [5.41, 5.74) is 0. The van der Waals surface area contributed by atoms with Crippen LogP contribution in [0.3, 0.4) is 0 Å². The Morgan fingerprint density at radius 1 is 1.70 bits per heavy atom. The molecule has 0 aromatic carbocycles. The van der Waals surface area contributed by atoms with Crippen molar-refractivity contribution in [2.75, 3.05) is 26.0 Å². The van der Waals surface area contributed by atoms with Gasteiger partial charge in [-0.2, -0.15) is 0 Å². The number of halogens is 1. The Labute approximate surface area is 67.7 Å². The quantitative estimate of drug-likeness (QED) is 0.440. The van der Waals surface area contributed by atoms with Crippen LogP contribution in [0.5, 0.6) is 0 Å². The first kappa shape index (κ1) is 9.55. The number of hydrogen-bond donors (Lipinski definition) is 0. The molecule has 0 unspecified atom stereocenters. The normalized spacial score (nSPS) is 10.6. The molecule has 2 heteroatoms. The molecule has 0 rings (SSSR count). The predicted octanol–water partition coefficient (Wildman–Crippen LogP) is 1.35. The first-order valence-electron chi connectivity index (χ1n) is 3.17. The SMILES string of the molecule is C#C/C=C/CN(C)CCCl. The highest BCUT2D eigenvalue weighted by atomic mass is 35.5. The molecule has 0 bridgehead atoms. The van der Waals surface area contributed by atoms with E-state index in [0.717, 1.165) is 13.1 Å². The van der Waals surface area contributed by atoms with Crippen LogP contribution in [-0.4, -0.2) is 30.9 Å². The van der Waals surface area contributed by atoms with E-state index in [1.165, 1.54) is 0 Å². The van der Waals surface area contributed by atoms with Crippen LogP contribution in [0.15, 0.2) is 12.2 Å². The van der Waals surface area contributed by atoms with Crippen LogP contribution in [-0.2, 0) is 0 Å². The largest absolute Gasteiger partial charge is 0.302 e. The van der Waals surface area contributed by atoms with Gasteiger partial charge in [-0.15, -0.1) is 18.0 Å². The maximum Gasteiger partial charge on any atom is 0.0351 e. The van der Waals surface area contributed by atoms with Crippen molar-refractivity contribution in [3.05, 3.63) is 12.2 Å². The van der Waals surface area contributed by atoms with E-state index in [4.69, 9.17) is 18.0 Å². The van der Waals surface area contributed by atoms with Crippen molar-refractivity contribution in [3.63, 3.8) is 0 Å². The first-order valence-corrected chi connectivity index (χ1v) is 3.70. The van der Waals surface area contributed by atoms with E-state index in [1.54, 1.807) is 6.08 Å². The van der Waals surface area contributed by atoms with Crippen LogP contribution in [0.2, 0.25) is 0 Å². The summed E-state index contributed by atoms with van der Waals surface area (Å²) in [5.74, 6) is 3.09. The Kier molecular flexibility index (Phi) is 6.37. The molecule has 56 valence electrons. The molecule has 10 heavy (non-hydrogen) atoms. The fraction of sp³-hybridized carbons (Fsp3) is 0.500. The van der Waals surface area contributed by atoms with Gasteiger partial charge in [0.05, 0.1) is 0 Å². The van der Waals surface area contributed by atoms with Crippen molar-refractivity contribution in [1.29, 1.82) is 0 Å². The second-order valence-electron chi connectivity index (χ2n) is 2.02. The summed E-state index contributed by atoms with van der Waals surface area (Å²) in [6.45, 7) is 1.77. The zero-order valence-electron chi connectivity index (χ0n) is 6.18. The fourth-order valence-corrected chi connectivity index (χ4v) is 0.825. The minimum absolute atomic E-state index is 0.667. The Balaban J connectivity index is 3.31. The lowest BCUT2D eigenvalue weighted by molar-refractivity contribution is 0.395. The fourth-order valence-electron chi connectivity index (χ4n) is 0.536. The van der Waals surface area contributed by atoms with Gasteiger partial charge in [0.25, 0.3) is 0 Å². The van der Waals surface area contributed by atoms with E-state index in [0.29, 0.717) is 5.88 Å². The molecule has 0 fully saturated rings. The van der Waals surface area contributed by atoms with Gasteiger partial charge < -0.3 is 4.90 Å². The summed E-state index contributed by atoms with van der Waals surface area (Å²) in [6.07, 6.45) is 8.64. The molecular weight excluding hydrogens is 146 g/mol. The van der Waals surface area contributed by atoms with Gasteiger partial charge in [-0.3, -0.25) is 0 Å². The third-order valence-corrected chi connectivity index (χ3v) is 1.27. The number of hydrogen-bond acceptors (Lipinski definition) is 1. The van der Waals surface area contributed by atoms with Gasteiger partial charge in [-0.25, -0.2) is 0 Å². The van der Waals surface area contributed by atoms with Crippen molar-refractivity contribution in [1.82, 2.24) is 4.90 Å². The molecule has 0 heterocycles. The number of rotatable bonds is 4. The first-order chi connectivity index (χ1) is 4.81. The van der Waals surface area contributed by atoms with Gasteiger partial charge in [0, 0.05) is 19.0 Å². The van der Waals surface area contributed by atoms with Gasteiger partial charge in [-0.1, -0.05) is 12.0 Å². The molecule has 0 aromatic rings. The van der Waals surface area contributed by atoms with Gasteiger partial charge in [0.2, 0.25) is 0 Å². The number of alkyl halides is 1. The zero-order valence-corrected chi connectivity index (χ0v) is 6.93. The number of nitrogens with zero attached hydrogens (tertiary/aromatic N) is 1. The number of likely N-dealkylation sites (N-methyl/N-ethyl adjacent to an activating group) is 1. The van der Waals surface area contributed by atoms with E-state index in [9.17, 15) is 0 Å². The minimum Gasteiger partial charge on any atom is -0.302 e. The zero-order chi connectivity index (χ0) is 7.82. The molecule has 0 aliphatic heterocycles. The maximum atomic E-state index is 5.50.